The minimum atomic E-state index is 0.176. The first-order chi connectivity index (χ1) is 8.19. The molecule has 0 saturated heterocycles. The molecule has 0 amide bonds. The van der Waals surface area contributed by atoms with Gasteiger partial charge in [-0.05, 0) is 25.1 Å². The van der Waals surface area contributed by atoms with E-state index < -0.39 is 0 Å². The first kappa shape index (κ1) is 11.0. The summed E-state index contributed by atoms with van der Waals surface area (Å²) in [4.78, 5) is 4.00. The fraction of sp³-hybridized carbons (Fsp3) is 0.0769. The van der Waals surface area contributed by atoms with Gasteiger partial charge < -0.3 is 10.5 Å². The lowest BCUT2D eigenvalue weighted by atomic mass is 10.2. The predicted molar refractivity (Wildman–Crippen MR) is 64.6 cm³/mol. The molecular formula is C13H11N3O. The highest BCUT2D eigenvalue weighted by Crippen LogP contribution is 2.21. The van der Waals surface area contributed by atoms with E-state index in [9.17, 15) is 0 Å². The van der Waals surface area contributed by atoms with Crippen molar-refractivity contribution in [1.82, 2.24) is 4.98 Å². The van der Waals surface area contributed by atoms with Crippen molar-refractivity contribution in [2.45, 2.75) is 6.92 Å². The average Bonchev–Trinajstić information content (AvgIpc) is 2.34. The zero-order valence-electron chi connectivity index (χ0n) is 9.34. The molecule has 0 bridgehead atoms. The Labute approximate surface area is 99.3 Å². The number of ether oxygens (including phenoxy) is 1. The van der Waals surface area contributed by atoms with Gasteiger partial charge in [-0.25, -0.2) is 4.98 Å². The summed E-state index contributed by atoms with van der Waals surface area (Å²) < 4.78 is 5.51. The zero-order valence-corrected chi connectivity index (χ0v) is 9.34. The third kappa shape index (κ3) is 2.52. The lowest BCUT2D eigenvalue weighted by molar-refractivity contribution is 0.462. The first-order valence-corrected chi connectivity index (χ1v) is 5.10. The summed E-state index contributed by atoms with van der Waals surface area (Å²) in [6, 6.07) is 12.7. The van der Waals surface area contributed by atoms with Gasteiger partial charge in [0.15, 0.2) is 5.69 Å². The summed E-state index contributed by atoms with van der Waals surface area (Å²) in [5.41, 5.74) is 7.25. The maximum Gasteiger partial charge on any atom is 0.220 e. The van der Waals surface area contributed by atoms with E-state index in [1.165, 1.54) is 0 Å². The number of hydrogen-bond donors (Lipinski definition) is 1. The number of rotatable bonds is 2. The van der Waals surface area contributed by atoms with Crippen LogP contribution in [-0.2, 0) is 0 Å². The monoisotopic (exact) mass is 225 g/mol. The van der Waals surface area contributed by atoms with E-state index in [4.69, 9.17) is 15.7 Å². The molecule has 84 valence electrons. The Kier molecular flexibility index (Phi) is 2.93. The SMILES string of the molecule is Cc1ccc(Oc2ccc(N)c(C#N)n2)cc1. The van der Waals surface area contributed by atoms with Crippen LogP contribution in [0, 0.1) is 18.3 Å². The van der Waals surface area contributed by atoms with Crippen LogP contribution in [0.25, 0.3) is 0 Å². The molecule has 1 aromatic heterocycles. The Bertz CT molecular complexity index is 570. The molecule has 2 N–H and O–H groups in total. The Morgan fingerprint density at radius 3 is 2.53 bits per heavy atom. The number of aromatic nitrogens is 1. The highest BCUT2D eigenvalue weighted by molar-refractivity contribution is 5.51. The van der Waals surface area contributed by atoms with Crippen LogP contribution in [0.1, 0.15) is 11.3 Å². The van der Waals surface area contributed by atoms with Gasteiger partial charge in [0.2, 0.25) is 5.88 Å². The summed E-state index contributed by atoms with van der Waals surface area (Å²) >= 11 is 0. The number of anilines is 1. The Morgan fingerprint density at radius 2 is 1.88 bits per heavy atom. The largest absolute Gasteiger partial charge is 0.439 e. The molecule has 0 aliphatic heterocycles. The molecule has 2 aromatic rings. The average molecular weight is 225 g/mol. The van der Waals surface area contributed by atoms with Crippen LogP contribution in [0.3, 0.4) is 0 Å². The van der Waals surface area contributed by atoms with Crippen molar-refractivity contribution in [3.8, 4) is 17.7 Å². The number of nitriles is 1. The summed E-state index contributed by atoms with van der Waals surface area (Å²) in [6.07, 6.45) is 0. The second-order valence-corrected chi connectivity index (χ2v) is 3.61. The Balaban J connectivity index is 2.25. The molecule has 0 spiro atoms. The van der Waals surface area contributed by atoms with E-state index >= 15 is 0 Å². The summed E-state index contributed by atoms with van der Waals surface area (Å²) in [6.45, 7) is 2.00. The molecule has 4 nitrogen and oxygen atoms in total. The van der Waals surface area contributed by atoms with Crippen LogP contribution in [0.15, 0.2) is 36.4 Å². The molecule has 0 aliphatic rings. The standard InChI is InChI=1S/C13H11N3O/c1-9-2-4-10(5-3-9)17-13-7-6-11(15)12(8-14)16-13/h2-7H,15H2,1H3. The predicted octanol–water partition coefficient (Wildman–Crippen LogP) is 2.64. The summed E-state index contributed by atoms with van der Waals surface area (Å²) in [5, 5.41) is 8.80. The van der Waals surface area contributed by atoms with Crippen molar-refractivity contribution < 1.29 is 4.74 Å². The van der Waals surface area contributed by atoms with Crippen LogP contribution < -0.4 is 10.5 Å². The van der Waals surface area contributed by atoms with Crippen LogP contribution in [0.4, 0.5) is 5.69 Å². The first-order valence-electron chi connectivity index (χ1n) is 5.10. The third-order valence-electron chi connectivity index (χ3n) is 2.25. The van der Waals surface area contributed by atoms with Gasteiger partial charge in [0, 0.05) is 6.07 Å². The van der Waals surface area contributed by atoms with E-state index in [0.29, 0.717) is 17.3 Å². The highest BCUT2D eigenvalue weighted by Gasteiger charge is 2.03. The Morgan fingerprint density at radius 1 is 1.18 bits per heavy atom. The van der Waals surface area contributed by atoms with Crippen molar-refractivity contribution in [2.75, 3.05) is 5.73 Å². The fourth-order valence-corrected chi connectivity index (χ4v) is 1.33. The van der Waals surface area contributed by atoms with Gasteiger partial charge in [-0.1, -0.05) is 17.7 Å². The van der Waals surface area contributed by atoms with E-state index in [0.717, 1.165) is 5.56 Å². The molecule has 0 aliphatic carbocycles. The normalized spacial score (nSPS) is 9.65. The van der Waals surface area contributed by atoms with Crippen LogP contribution >= 0.6 is 0 Å². The van der Waals surface area contributed by atoms with Gasteiger partial charge in [-0.15, -0.1) is 0 Å². The molecular weight excluding hydrogens is 214 g/mol. The molecule has 0 radical (unpaired) electrons. The molecule has 0 atom stereocenters. The van der Waals surface area contributed by atoms with Crippen molar-refractivity contribution in [3.05, 3.63) is 47.7 Å². The molecule has 0 fully saturated rings. The molecule has 17 heavy (non-hydrogen) atoms. The lowest BCUT2D eigenvalue weighted by Crippen LogP contribution is -1.96. The van der Waals surface area contributed by atoms with E-state index in [2.05, 4.69) is 4.98 Å². The minimum Gasteiger partial charge on any atom is -0.439 e. The van der Waals surface area contributed by atoms with Gasteiger partial charge in [0.05, 0.1) is 5.69 Å². The smallest absolute Gasteiger partial charge is 0.220 e. The second kappa shape index (κ2) is 4.54. The van der Waals surface area contributed by atoms with Crippen LogP contribution in [-0.4, -0.2) is 4.98 Å². The number of benzene rings is 1. The molecule has 0 saturated carbocycles. The maximum absolute atomic E-state index is 8.80. The fourth-order valence-electron chi connectivity index (χ4n) is 1.33. The number of nitrogens with two attached hydrogens (primary N) is 1. The number of pyridine rings is 1. The number of aryl methyl sites for hydroxylation is 1. The molecule has 1 heterocycles. The second-order valence-electron chi connectivity index (χ2n) is 3.61. The number of nitrogen functional groups attached to an aromatic ring is 1. The number of hydrogen-bond acceptors (Lipinski definition) is 4. The molecule has 4 heteroatoms. The van der Waals surface area contributed by atoms with Crippen molar-refractivity contribution in [3.63, 3.8) is 0 Å². The number of nitrogens with zero attached hydrogens (tertiary/aromatic N) is 2. The lowest BCUT2D eigenvalue weighted by Gasteiger charge is -2.05. The van der Waals surface area contributed by atoms with Gasteiger partial charge in [0.25, 0.3) is 0 Å². The van der Waals surface area contributed by atoms with Gasteiger partial charge in [-0.2, -0.15) is 5.26 Å². The van der Waals surface area contributed by atoms with Gasteiger partial charge in [-0.3, -0.25) is 0 Å². The third-order valence-corrected chi connectivity index (χ3v) is 2.25. The van der Waals surface area contributed by atoms with Crippen molar-refractivity contribution in [2.24, 2.45) is 0 Å². The van der Waals surface area contributed by atoms with E-state index in [1.807, 2.05) is 37.3 Å². The zero-order chi connectivity index (χ0) is 12.3. The molecule has 0 unspecified atom stereocenters. The minimum absolute atomic E-state index is 0.176. The van der Waals surface area contributed by atoms with Crippen LogP contribution in [0.5, 0.6) is 11.6 Å². The maximum atomic E-state index is 8.80. The highest BCUT2D eigenvalue weighted by atomic mass is 16.5. The molecule has 2 rings (SSSR count). The van der Waals surface area contributed by atoms with Crippen molar-refractivity contribution >= 4 is 5.69 Å². The van der Waals surface area contributed by atoms with Gasteiger partial charge >= 0.3 is 0 Å². The van der Waals surface area contributed by atoms with Crippen molar-refractivity contribution in [1.29, 1.82) is 5.26 Å². The molecule has 1 aromatic carbocycles. The summed E-state index contributed by atoms with van der Waals surface area (Å²) in [7, 11) is 0. The van der Waals surface area contributed by atoms with Crippen LogP contribution in [0.2, 0.25) is 0 Å². The van der Waals surface area contributed by atoms with E-state index in [-0.39, 0.29) is 5.69 Å². The quantitative estimate of drug-likeness (QED) is 0.852. The summed E-state index contributed by atoms with van der Waals surface area (Å²) in [5.74, 6) is 1.04. The Hall–Kier alpha value is -2.54. The van der Waals surface area contributed by atoms with Gasteiger partial charge in [0.1, 0.15) is 11.8 Å². The van der Waals surface area contributed by atoms with E-state index in [1.54, 1.807) is 12.1 Å². The topological polar surface area (TPSA) is 71.9 Å².